The van der Waals surface area contributed by atoms with Crippen molar-refractivity contribution in [2.45, 2.75) is 24.7 Å². The number of rotatable bonds is 6. The van der Waals surface area contributed by atoms with E-state index in [-0.39, 0.29) is 5.41 Å². The lowest BCUT2D eigenvalue weighted by Gasteiger charge is -2.35. The van der Waals surface area contributed by atoms with Crippen molar-refractivity contribution in [1.29, 1.82) is 0 Å². The van der Waals surface area contributed by atoms with Crippen LogP contribution in [0.25, 0.3) is 54.9 Å². The van der Waals surface area contributed by atoms with Gasteiger partial charge in [-0.25, -0.2) is 0 Å². The predicted octanol–water partition coefficient (Wildman–Crippen LogP) is 15.8. The summed E-state index contributed by atoms with van der Waals surface area (Å²) < 4.78 is 0. The zero-order valence-electron chi connectivity index (χ0n) is 34.3. The Hall–Kier alpha value is -7.48. The summed E-state index contributed by atoms with van der Waals surface area (Å²) in [6.45, 7) is 4.75. The van der Waals surface area contributed by atoms with Gasteiger partial charge in [-0.2, -0.15) is 0 Å². The molecule has 0 amide bonds. The summed E-state index contributed by atoms with van der Waals surface area (Å²) in [4.78, 5) is 2.54. The Morgan fingerprint density at radius 3 is 1.61 bits per heavy atom. The van der Waals surface area contributed by atoms with Crippen molar-refractivity contribution in [3.63, 3.8) is 0 Å². The second-order valence-electron chi connectivity index (χ2n) is 17.2. The van der Waals surface area contributed by atoms with Crippen LogP contribution in [-0.2, 0) is 10.8 Å². The van der Waals surface area contributed by atoms with E-state index in [9.17, 15) is 0 Å². The zero-order valence-corrected chi connectivity index (χ0v) is 34.3. The van der Waals surface area contributed by atoms with Crippen LogP contribution in [0.15, 0.2) is 224 Å². The van der Waals surface area contributed by atoms with Crippen molar-refractivity contribution in [3.8, 4) is 33.4 Å². The first-order chi connectivity index (χ1) is 30.0. The van der Waals surface area contributed by atoms with E-state index in [4.69, 9.17) is 0 Å². The Morgan fingerprint density at radius 1 is 0.328 bits per heavy atom. The van der Waals surface area contributed by atoms with E-state index < -0.39 is 5.41 Å². The normalized spacial score (nSPS) is 15.6. The van der Waals surface area contributed by atoms with Gasteiger partial charge in [0.15, 0.2) is 0 Å². The van der Waals surface area contributed by atoms with Gasteiger partial charge >= 0.3 is 0 Å². The third kappa shape index (κ3) is 5.20. The van der Waals surface area contributed by atoms with E-state index in [1.165, 1.54) is 88.3 Å². The first-order valence-electron chi connectivity index (χ1n) is 21.4. The molecule has 1 heteroatoms. The Morgan fingerprint density at radius 2 is 0.852 bits per heavy atom. The van der Waals surface area contributed by atoms with Crippen LogP contribution in [0.2, 0.25) is 0 Å². The molecule has 0 saturated carbocycles. The van der Waals surface area contributed by atoms with Crippen LogP contribution in [0.4, 0.5) is 17.1 Å². The van der Waals surface area contributed by atoms with Crippen LogP contribution >= 0.6 is 0 Å². The fraction of sp³-hybridized carbons (Fsp3) is 0.0667. The van der Waals surface area contributed by atoms with E-state index in [0.29, 0.717) is 0 Å². The minimum absolute atomic E-state index is 0.148. The number of hydrogen-bond donors (Lipinski definition) is 0. The Labute approximate surface area is 357 Å². The van der Waals surface area contributed by atoms with Gasteiger partial charge < -0.3 is 4.90 Å². The Balaban J connectivity index is 1.16. The standard InChI is InChI=1S/C60H43N/c1-59(2)54-30-15-13-27-49(54)51-34-32-45(38-56(51)59)61(58-37-42-20-9-10-25-47(42)48-26-11-12-29-53(48)58)46-33-35-52-50-28-14-16-31-55(50)60(57(52)39-46,43-22-7-4-8-23-43)44-24-17-21-41(36-44)40-18-5-3-6-19-40/h3-39H,1-2H3. The maximum absolute atomic E-state index is 2.54. The molecule has 0 N–H and O–H groups in total. The SMILES string of the molecule is CC1(C)c2ccccc2-c2ccc(N(c3ccc4c(c3)C(c3ccccc3)(c3cccc(-c5ccccc5)c3)c3ccccc3-4)c3cc4ccccc4c4ccccc34)cc21. The molecular weight excluding hydrogens is 735 g/mol. The number of fused-ring (bicyclic) bond motifs is 9. The van der Waals surface area contributed by atoms with Gasteiger partial charge in [-0.05, 0) is 119 Å². The first-order valence-corrected chi connectivity index (χ1v) is 21.4. The van der Waals surface area contributed by atoms with Crippen molar-refractivity contribution in [1.82, 2.24) is 0 Å². The first kappa shape index (κ1) is 35.5. The van der Waals surface area contributed by atoms with E-state index in [1.807, 2.05) is 0 Å². The van der Waals surface area contributed by atoms with Gasteiger partial charge in [-0.1, -0.05) is 202 Å². The van der Waals surface area contributed by atoms with Crippen LogP contribution in [0, 0.1) is 0 Å². The lowest BCUT2D eigenvalue weighted by Crippen LogP contribution is -2.29. The molecule has 1 nitrogen and oxygen atoms in total. The molecule has 61 heavy (non-hydrogen) atoms. The molecule has 0 bridgehead atoms. The molecule has 10 aromatic carbocycles. The van der Waals surface area contributed by atoms with Gasteiger partial charge in [-0.3, -0.25) is 0 Å². The van der Waals surface area contributed by atoms with Crippen LogP contribution in [0.5, 0.6) is 0 Å². The largest absolute Gasteiger partial charge is 0.310 e. The number of hydrogen-bond acceptors (Lipinski definition) is 1. The molecule has 288 valence electrons. The number of nitrogens with zero attached hydrogens (tertiary/aromatic N) is 1. The molecule has 2 aliphatic rings. The zero-order chi connectivity index (χ0) is 40.7. The van der Waals surface area contributed by atoms with Crippen molar-refractivity contribution in [2.24, 2.45) is 0 Å². The van der Waals surface area contributed by atoms with Gasteiger partial charge in [0.2, 0.25) is 0 Å². The highest BCUT2D eigenvalue weighted by Gasteiger charge is 2.46. The summed E-state index contributed by atoms with van der Waals surface area (Å²) in [5, 5.41) is 4.95. The second kappa shape index (κ2) is 13.5. The van der Waals surface area contributed by atoms with Gasteiger partial charge in [0.1, 0.15) is 0 Å². The topological polar surface area (TPSA) is 3.24 Å². The van der Waals surface area contributed by atoms with E-state index in [2.05, 4.69) is 243 Å². The fourth-order valence-electron chi connectivity index (χ4n) is 10.9. The molecule has 0 radical (unpaired) electrons. The third-order valence-electron chi connectivity index (χ3n) is 13.7. The summed E-state index contributed by atoms with van der Waals surface area (Å²) in [5.74, 6) is 0. The van der Waals surface area contributed by atoms with Crippen LogP contribution in [0.3, 0.4) is 0 Å². The van der Waals surface area contributed by atoms with Crippen LogP contribution < -0.4 is 4.90 Å². The molecule has 0 heterocycles. The smallest absolute Gasteiger partial charge is 0.0714 e. The van der Waals surface area contributed by atoms with Crippen molar-refractivity contribution < 1.29 is 0 Å². The molecule has 10 aromatic rings. The molecule has 0 saturated heterocycles. The highest BCUT2D eigenvalue weighted by molar-refractivity contribution is 6.14. The van der Waals surface area contributed by atoms with Crippen molar-refractivity contribution in [3.05, 3.63) is 258 Å². The lowest BCUT2D eigenvalue weighted by atomic mass is 9.67. The monoisotopic (exact) mass is 777 g/mol. The van der Waals surface area contributed by atoms with Gasteiger partial charge in [0.05, 0.1) is 11.1 Å². The predicted molar refractivity (Wildman–Crippen MR) is 256 cm³/mol. The van der Waals surface area contributed by atoms with Gasteiger partial charge in [0.25, 0.3) is 0 Å². The second-order valence-corrected chi connectivity index (χ2v) is 17.2. The van der Waals surface area contributed by atoms with Crippen LogP contribution in [0.1, 0.15) is 47.2 Å². The Kier molecular flexibility index (Phi) is 7.86. The molecule has 0 spiro atoms. The average Bonchev–Trinajstić information content (AvgIpc) is 3.75. The molecule has 0 aromatic heterocycles. The summed E-state index contributed by atoms with van der Waals surface area (Å²) in [5.41, 5.74) is 18.1. The molecule has 1 unspecified atom stereocenters. The highest BCUT2D eigenvalue weighted by atomic mass is 15.1. The molecule has 2 aliphatic carbocycles. The summed E-state index contributed by atoms with van der Waals surface area (Å²) >= 11 is 0. The minimum atomic E-state index is -0.577. The maximum atomic E-state index is 2.54. The van der Waals surface area contributed by atoms with Crippen molar-refractivity contribution in [2.75, 3.05) is 4.90 Å². The third-order valence-corrected chi connectivity index (χ3v) is 13.7. The molecule has 0 fully saturated rings. The van der Waals surface area contributed by atoms with E-state index in [0.717, 1.165) is 17.1 Å². The van der Waals surface area contributed by atoms with Crippen LogP contribution in [-0.4, -0.2) is 0 Å². The van der Waals surface area contributed by atoms with E-state index >= 15 is 0 Å². The van der Waals surface area contributed by atoms with Crippen molar-refractivity contribution >= 4 is 38.6 Å². The van der Waals surface area contributed by atoms with Gasteiger partial charge in [-0.15, -0.1) is 0 Å². The minimum Gasteiger partial charge on any atom is -0.310 e. The molecule has 0 aliphatic heterocycles. The highest BCUT2D eigenvalue weighted by Crippen LogP contribution is 2.58. The summed E-state index contributed by atoms with van der Waals surface area (Å²) in [7, 11) is 0. The van der Waals surface area contributed by atoms with Gasteiger partial charge in [0, 0.05) is 22.2 Å². The number of benzene rings is 10. The summed E-state index contributed by atoms with van der Waals surface area (Å²) in [6, 6.07) is 83.8. The lowest BCUT2D eigenvalue weighted by molar-refractivity contribution is 0.660. The molecular formula is C60H43N. The Bertz CT molecular complexity index is 3340. The number of anilines is 3. The molecule has 1 atom stereocenters. The van der Waals surface area contributed by atoms with E-state index in [1.54, 1.807) is 0 Å². The quantitative estimate of drug-likeness (QED) is 0.152. The molecule has 12 rings (SSSR count). The summed E-state index contributed by atoms with van der Waals surface area (Å²) in [6.07, 6.45) is 0. The fourth-order valence-corrected chi connectivity index (χ4v) is 10.9. The maximum Gasteiger partial charge on any atom is 0.0714 e. The average molecular weight is 778 g/mol.